The van der Waals surface area contributed by atoms with Crippen molar-refractivity contribution in [3.05, 3.63) is 82.0 Å². The van der Waals surface area contributed by atoms with Crippen LogP contribution in [0.25, 0.3) is 10.9 Å². The third-order valence-corrected chi connectivity index (χ3v) is 7.86. The highest BCUT2D eigenvalue weighted by molar-refractivity contribution is 5.96. The van der Waals surface area contributed by atoms with Crippen LogP contribution in [-0.2, 0) is 19.7 Å². The van der Waals surface area contributed by atoms with Gasteiger partial charge in [0, 0.05) is 37.1 Å². The Labute approximate surface area is 220 Å². The summed E-state index contributed by atoms with van der Waals surface area (Å²) in [5, 5.41) is 11.2. The molecule has 1 aliphatic heterocycles. The van der Waals surface area contributed by atoms with Crippen LogP contribution in [0.5, 0.6) is 5.75 Å². The first-order valence-electron chi connectivity index (χ1n) is 13.3. The van der Waals surface area contributed by atoms with E-state index < -0.39 is 0 Å². The molecular formula is C29H32N6O3. The van der Waals surface area contributed by atoms with Crippen LogP contribution in [0.2, 0.25) is 0 Å². The molecule has 3 aromatic heterocycles. The van der Waals surface area contributed by atoms with Gasteiger partial charge in [-0.1, -0.05) is 37.3 Å². The first-order chi connectivity index (χ1) is 18.5. The van der Waals surface area contributed by atoms with E-state index in [2.05, 4.69) is 34.3 Å². The van der Waals surface area contributed by atoms with Crippen molar-refractivity contribution in [1.29, 1.82) is 0 Å². The van der Waals surface area contributed by atoms with Crippen LogP contribution in [0.1, 0.15) is 48.4 Å². The molecule has 0 radical (unpaired) electrons. The molecule has 1 fully saturated rings. The van der Waals surface area contributed by atoms with Crippen LogP contribution < -0.4 is 15.5 Å². The number of amides is 1. The molecule has 2 unspecified atom stereocenters. The Bertz CT molecular complexity index is 1530. The highest BCUT2D eigenvalue weighted by Gasteiger charge is 2.38. The second-order valence-electron chi connectivity index (χ2n) is 10.5. The minimum absolute atomic E-state index is 0.105. The van der Waals surface area contributed by atoms with E-state index in [1.807, 2.05) is 45.9 Å². The van der Waals surface area contributed by atoms with Gasteiger partial charge in [-0.3, -0.25) is 14.7 Å². The summed E-state index contributed by atoms with van der Waals surface area (Å²) in [6.45, 7) is 6.11. The molecule has 9 heteroatoms. The van der Waals surface area contributed by atoms with E-state index in [1.165, 1.54) is 6.42 Å². The molecule has 38 heavy (non-hydrogen) atoms. The van der Waals surface area contributed by atoms with Gasteiger partial charge in [0.25, 0.3) is 5.91 Å². The van der Waals surface area contributed by atoms with Crippen molar-refractivity contribution in [3.8, 4) is 5.75 Å². The van der Waals surface area contributed by atoms with Crippen LogP contribution in [0.3, 0.4) is 0 Å². The van der Waals surface area contributed by atoms with Crippen molar-refractivity contribution < 1.29 is 9.53 Å². The topological polar surface area (TPSA) is 105 Å². The van der Waals surface area contributed by atoms with Gasteiger partial charge in [-0.2, -0.15) is 5.10 Å². The number of nitrogens with zero attached hydrogens (tertiary/aromatic N) is 4. The number of ether oxygens (including phenoxy) is 1. The number of H-pyrrole nitrogens is 1. The van der Waals surface area contributed by atoms with Crippen LogP contribution in [0.4, 0.5) is 5.82 Å². The molecule has 4 heterocycles. The molecule has 1 saturated carbocycles. The lowest BCUT2D eigenvalue weighted by atomic mass is 10.1. The largest absolute Gasteiger partial charge is 0.483 e. The number of fused-ring (bicyclic) bond motifs is 2. The van der Waals surface area contributed by atoms with Gasteiger partial charge < -0.3 is 19.5 Å². The zero-order chi connectivity index (χ0) is 26.2. The summed E-state index contributed by atoms with van der Waals surface area (Å²) in [4.78, 5) is 33.7. The predicted octanol–water partition coefficient (Wildman–Crippen LogP) is 4.20. The molecule has 2 aliphatic rings. The number of pyridine rings is 2. The Morgan fingerprint density at radius 2 is 2.00 bits per heavy atom. The van der Waals surface area contributed by atoms with Gasteiger partial charge in [-0.15, -0.1) is 0 Å². The summed E-state index contributed by atoms with van der Waals surface area (Å²) >= 11 is 0. The van der Waals surface area contributed by atoms with E-state index in [0.29, 0.717) is 37.1 Å². The summed E-state index contributed by atoms with van der Waals surface area (Å²) in [5.74, 6) is 2.04. The Morgan fingerprint density at radius 3 is 2.79 bits per heavy atom. The molecule has 3 atom stereocenters. The van der Waals surface area contributed by atoms with E-state index in [1.54, 1.807) is 18.5 Å². The summed E-state index contributed by atoms with van der Waals surface area (Å²) < 4.78 is 8.01. The molecule has 2 N–H and O–H groups in total. The summed E-state index contributed by atoms with van der Waals surface area (Å²) in [5.41, 5.74) is 2.57. The van der Waals surface area contributed by atoms with Crippen LogP contribution in [-0.4, -0.2) is 43.1 Å². The number of benzene rings is 1. The quantitative estimate of drug-likeness (QED) is 0.348. The van der Waals surface area contributed by atoms with Crippen LogP contribution in [0.15, 0.2) is 59.7 Å². The van der Waals surface area contributed by atoms with E-state index in [0.717, 1.165) is 34.5 Å². The lowest BCUT2D eigenvalue weighted by Gasteiger charge is -2.36. The van der Waals surface area contributed by atoms with Crippen molar-refractivity contribution in [2.24, 2.45) is 11.8 Å². The zero-order valence-corrected chi connectivity index (χ0v) is 21.7. The smallest absolute Gasteiger partial charge is 0.274 e. The molecule has 196 valence electrons. The minimum Gasteiger partial charge on any atom is -0.483 e. The van der Waals surface area contributed by atoms with Crippen LogP contribution in [0, 0.1) is 11.8 Å². The molecule has 1 aromatic carbocycles. The molecule has 0 saturated heterocycles. The predicted molar refractivity (Wildman–Crippen MR) is 145 cm³/mol. The second kappa shape index (κ2) is 9.96. The number of carbonyl (C=O) groups excluding carboxylic acids is 1. The van der Waals surface area contributed by atoms with Gasteiger partial charge in [0.15, 0.2) is 11.4 Å². The van der Waals surface area contributed by atoms with E-state index in [9.17, 15) is 9.59 Å². The maximum absolute atomic E-state index is 13.9. The van der Waals surface area contributed by atoms with Crippen molar-refractivity contribution in [2.75, 3.05) is 11.9 Å². The molecule has 6 rings (SSSR count). The van der Waals surface area contributed by atoms with Gasteiger partial charge in [0.1, 0.15) is 12.4 Å². The maximum Gasteiger partial charge on any atom is 0.274 e. The highest BCUT2D eigenvalue weighted by atomic mass is 16.5. The van der Waals surface area contributed by atoms with E-state index >= 15 is 0 Å². The van der Waals surface area contributed by atoms with Crippen molar-refractivity contribution in [1.82, 2.24) is 24.6 Å². The maximum atomic E-state index is 13.9. The number of anilines is 1. The standard InChI is InChI=1S/C29H32N6O3/c1-18-12-21(18)13-19(2)34-10-11-35-22(15-31-28-23-16-32-33-24(23)8-9-30-28)14-25(36)27(26(35)29(34)37)38-17-20-6-4-3-5-7-20/h3-9,14,16,18-19,21H,10-13,15,17H2,1-2H3,(H,30,31)(H,32,33)/t18?,19?,21-/m1/s1. The molecule has 1 aliphatic carbocycles. The van der Waals surface area contributed by atoms with Gasteiger partial charge in [-0.25, -0.2) is 4.98 Å². The van der Waals surface area contributed by atoms with Gasteiger partial charge >= 0.3 is 0 Å². The number of aromatic nitrogens is 4. The molecule has 0 spiro atoms. The van der Waals surface area contributed by atoms with E-state index in [4.69, 9.17) is 4.74 Å². The SMILES string of the molecule is CC1C[C@@H]1CC(C)N1CCn2c(CNc3nccc4[nH]ncc34)cc(=O)c(OCc3ccccc3)c2C1=O. The molecule has 9 nitrogen and oxygen atoms in total. The summed E-state index contributed by atoms with van der Waals surface area (Å²) in [6, 6.07) is 13.2. The fourth-order valence-electron chi connectivity index (χ4n) is 5.50. The molecule has 1 amide bonds. The molecular weight excluding hydrogens is 480 g/mol. The number of hydrogen-bond acceptors (Lipinski definition) is 6. The first-order valence-corrected chi connectivity index (χ1v) is 13.3. The number of aromatic amines is 1. The lowest BCUT2D eigenvalue weighted by Crippen LogP contribution is -2.47. The first kappa shape index (κ1) is 24.2. The normalized spacial score (nSPS) is 19.3. The fraction of sp³-hybridized carbons (Fsp3) is 0.379. The van der Waals surface area contributed by atoms with Crippen LogP contribution >= 0.6 is 0 Å². The number of nitrogens with one attached hydrogen (secondary N) is 2. The number of hydrogen-bond donors (Lipinski definition) is 2. The number of carbonyl (C=O) groups is 1. The second-order valence-corrected chi connectivity index (χ2v) is 10.5. The summed E-state index contributed by atoms with van der Waals surface area (Å²) in [7, 11) is 0. The Hall–Kier alpha value is -4.14. The Kier molecular flexibility index (Phi) is 6.35. The minimum atomic E-state index is -0.294. The van der Waals surface area contributed by atoms with Gasteiger partial charge in [-0.05, 0) is 43.2 Å². The lowest BCUT2D eigenvalue weighted by molar-refractivity contribution is 0.0606. The number of rotatable bonds is 9. The average Bonchev–Trinajstić information content (AvgIpc) is 3.39. The van der Waals surface area contributed by atoms with Crippen molar-refractivity contribution in [3.63, 3.8) is 0 Å². The Morgan fingerprint density at radius 1 is 1.18 bits per heavy atom. The average molecular weight is 513 g/mol. The molecule has 0 bridgehead atoms. The summed E-state index contributed by atoms with van der Waals surface area (Å²) in [6.07, 6.45) is 5.63. The highest BCUT2D eigenvalue weighted by Crippen LogP contribution is 2.42. The van der Waals surface area contributed by atoms with E-state index in [-0.39, 0.29) is 29.7 Å². The van der Waals surface area contributed by atoms with Crippen molar-refractivity contribution in [2.45, 2.75) is 52.4 Å². The third-order valence-electron chi connectivity index (χ3n) is 7.86. The zero-order valence-electron chi connectivity index (χ0n) is 21.7. The van der Waals surface area contributed by atoms with Crippen molar-refractivity contribution >= 4 is 22.6 Å². The van der Waals surface area contributed by atoms with Gasteiger partial charge in [0.2, 0.25) is 5.43 Å². The monoisotopic (exact) mass is 512 g/mol. The van der Waals surface area contributed by atoms with Gasteiger partial charge in [0.05, 0.1) is 23.6 Å². The third kappa shape index (κ3) is 4.64. The molecule has 4 aromatic rings. The Balaban J connectivity index is 1.32. The fourth-order valence-corrected chi connectivity index (χ4v) is 5.50.